The second kappa shape index (κ2) is 7.82. The van der Waals surface area contributed by atoms with Crippen molar-refractivity contribution < 1.29 is 27.5 Å². The second-order valence-corrected chi connectivity index (χ2v) is 10.8. The Morgan fingerprint density at radius 3 is 2.61 bits per heavy atom. The van der Waals surface area contributed by atoms with Gasteiger partial charge in [0, 0.05) is 36.2 Å². The Hall–Kier alpha value is -2.95. The van der Waals surface area contributed by atoms with Crippen molar-refractivity contribution in [3.05, 3.63) is 52.9 Å². The number of allylic oxidation sites excluding steroid dienone is 2. The lowest BCUT2D eigenvalue weighted by Gasteiger charge is -2.53. The molecule has 2 aromatic rings. The molecular weight excluding hydrogens is 446 g/mol. The molecular formula is C23H25N3O6S. The monoisotopic (exact) mass is 471 g/mol. The van der Waals surface area contributed by atoms with Gasteiger partial charge in [0.2, 0.25) is 10.0 Å². The zero-order valence-corrected chi connectivity index (χ0v) is 19.3. The van der Waals surface area contributed by atoms with Gasteiger partial charge in [0.1, 0.15) is 11.4 Å². The van der Waals surface area contributed by atoms with Gasteiger partial charge in [-0.25, -0.2) is 8.42 Å². The number of carbonyl (C=O) groups is 2. The van der Waals surface area contributed by atoms with Crippen molar-refractivity contribution in [2.24, 2.45) is 5.41 Å². The molecule has 2 saturated heterocycles. The smallest absolute Gasteiger partial charge is 0.272 e. The molecule has 33 heavy (non-hydrogen) atoms. The second-order valence-electron chi connectivity index (χ2n) is 8.86. The van der Waals surface area contributed by atoms with Gasteiger partial charge in [-0.05, 0) is 37.1 Å². The molecule has 0 atom stereocenters. The Labute approximate surface area is 191 Å². The third kappa shape index (κ3) is 3.58. The summed E-state index contributed by atoms with van der Waals surface area (Å²) in [5, 5.41) is 2.77. The van der Waals surface area contributed by atoms with Gasteiger partial charge in [-0.15, -0.1) is 0 Å². The van der Waals surface area contributed by atoms with Crippen LogP contribution in [-0.2, 0) is 21.2 Å². The van der Waals surface area contributed by atoms with Crippen LogP contribution in [0.3, 0.4) is 0 Å². The predicted molar refractivity (Wildman–Crippen MR) is 120 cm³/mol. The van der Waals surface area contributed by atoms with E-state index in [1.807, 2.05) is 6.08 Å². The molecule has 1 aromatic heterocycles. The number of rotatable bonds is 5. The van der Waals surface area contributed by atoms with Crippen molar-refractivity contribution in [1.29, 1.82) is 0 Å². The van der Waals surface area contributed by atoms with Crippen LogP contribution < -0.4 is 10.1 Å². The number of aromatic amines is 1. The van der Waals surface area contributed by atoms with Gasteiger partial charge in [-0.2, -0.15) is 4.31 Å². The molecule has 2 aliphatic heterocycles. The highest BCUT2D eigenvalue weighted by molar-refractivity contribution is 7.89. The lowest BCUT2D eigenvalue weighted by atomic mass is 9.80. The molecule has 1 aromatic carbocycles. The number of nitrogens with zero attached hydrogens (tertiary/aromatic N) is 1. The van der Waals surface area contributed by atoms with Crippen LogP contribution >= 0.6 is 0 Å². The van der Waals surface area contributed by atoms with E-state index in [9.17, 15) is 18.0 Å². The maximum Gasteiger partial charge on any atom is 0.272 e. The normalized spacial score (nSPS) is 19.4. The SMILES string of the molecule is COc1ccc(S(=O)(=O)N2CC3(COC3)C2)cc1NC(=O)c1[nH]c(C)c2c1CC=CCC2=O. The van der Waals surface area contributed by atoms with Gasteiger partial charge in [-0.3, -0.25) is 9.59 Å². The topological polar surface area (TPSA) is 118 Å². The molecule has 3 aliphatic rings. The summed E-state index contributed by atoms with van der Waals surface area (Å²) in [5.41, 5.74) is 2.29. The fourth-order valence-corrected chi connectivity index (χ4v) is 6.36. The first-order valence-electron chi connectivity index (χ1n) is 10.7. The molecule has 2 fully saturated rings. The third-order valence-corrected chi connectivity index (χ3v) is 8.27. The fraction of sp³-hybridized carbons (Fsp3) is 0.391. The molecule has 0 saturated carbocycles. The Kier molecular flexibility index (Phi) is 5.19. The summed E-state index contributed by atoms with van der Waals surface area (Å²) in [7, 11) is -2.26. The molecule has 3 heterocycles. The minimum absolute atomic E-state index is 0.0404. The van der Waals surface area contributed by atoms with Crippen molar-refractivity contribution in [2.75, 3.05) is 38.7 Å². The van der Waals surface area contributed by atoms with E-state index in [1.165, 1.54) is 29.6 Å². The molecule has 5 rings (SSSR count). The van der Waals surface area contributed by atoms with Crippen molar-refractivity contribution >= 4 is 27.4 Å². The minimum Gasteiger partial charge on any atom is -0.495 e. The van der Waals surface area contributed by atoms with Gasteiger partial charge in [0.25, 0.3) is 5.91 Å². The molecule has 2 N–H and O–H groups in total. The average Bonchev–Trinajstić information content (AvgIpc) is 2.92. The minimum atomic E-state index is -3.71. The number of H-pyrrole nitrogens is 1. The number of methoxy groups -OCH3 is 1. The summed E-state index contributed by atoms with van der Waals surface area (Å²) in [5.74, 6) is -0.175. The summed E-state index contributed by atoms with van der Waals surface area (Å²) in [6.07, 6.45) is 4.43. The summed E-state index contributed by atoms with van der Waals surface area (Å²) in [6.45, 7) is 3.79. The fourth-order valence-electron chi connectivity index (χ4n) is 4.67. The lowest BCUT2D eigenvalue weighted by Crippen LogP contribution is -2.66. The van der Waals surface area contributed by atoms with E-state index in [1.54, 1.807) is 13.0 Å². The zero-order chi connectivity index (χ0) is 23.4. The van der Waals surface area contributed by atoms with Crippen molar-refractivity contribution in [1.82, 2.24) is 9.29 Å². The van der Waals surface area contributed by atoms with Crippen LogP contribution in [-0.4, -0.2) is 62.8 Å². The van der Waals surface area contributed by atoms with E-state index in [2.05, 4.69) is 10.3 Å². The molecule has 10 heteroatoms. The molecule has 0 unspecified atom stereocenters. The van der Waals surface area contributed by atoms with E-state index in [-0.39, 0.29) is 27.5 Å². The van der Waals surface area contributed by atoms with Gasteiger partial charge in [-0.1, -0.05) is 12.2 Å². The molecule has 1 spiro atoms. The van der Waals surface area contributed by atoms with E-state index in [4.69, 9.17) is 9.47 Å². The van der Waals surface area contributed by atoms with Crippen molar-refractivity contribution in [3.8, 4) is 5.75 Å². The molecule has 174 valence electrons. The van der Waals surface area contributed by atoms with Crippen LogP contribution in [0.2, 0.25) is 0 Å². The predicted octanol–water partition coefficient (Wildman–Crippen LogP) is 2.29. The number of carbonyl (C=O) groups excluding carboxylic acids is 2. The van der Waals surface area contributed by atoms with Crippen molar-refractivity contribution in [3.63, 3.8) is 0 Å². The third-order valence-electron chi connectivity index (χ3n) is 6.49. The maximum absolute atomic E-state index is 13.2. The number of hydrogen-bond donors (Lipinski definition) is 2. The van der Waals surface area contributed by atoms with Gasteiger partial charge >= 0.3 is 0 Å². The van der Waals surface area contributed by atoms with Gasteiger partial charge in [0.15, 0.2) is 5.78 Å². The van der Waals surface area contributed by atoms with Crippen LogP contribution in [0.1, 0.15) is 38.5 Å². The van der Waals surface area contributed by atoms with E-state index in [0.29, 0.717) is 61.7 Å². The summed E-state index contributed by atoms with van der Waals surface area (Å²) in [6, 6.07) is 4.41. The Bertz CT molecular complexity index is 1280. The van der Waals surface area contributed by atoms with E-state index >= 15 is 0 Å². The Morgan fingerprint density at radius 2 is 1.94 bits per heavy atom. The first-order chi connectivity index (χ1) is 15.7. The Balaban J connectivity index is 1.43. The maximum atomic E-state index is 13.2. The van der Waals surface area contributed by atoms with Crippen LogP contribution in [0.5, 0.6) is 5.75 Å². The van der Waals surface area contributed by atoms with Crippen LogP contribution in [0.4, 0.5) is 5.69 Å². The number of sulfonamides is 1. The number of benzene rings is 1. The number of ketones is 1. The molecule has 9 nitrogen and oxygen atoms in total. The number of ether oxygens (including phenoxy) is 2. The van der Waals surface area contributed by atoms with Gasteiger partial charge in [0.05, 0.1) is 30.9 Å². The van der Waals surface area contributed by atoms with E-state index < -0.39 is 15.9 Å². The average molecular weight is 472 g/mol. The summed E-state index contributed by atoms with van der Waals surface area (Å²) < 4.78 is 38.2. The first kappa shape index (κ1) is 21.9. The first-order valence-corrected chi connectivity index (χ1v) is 12.1. The Morgan fingerprint density at radius 1 is 1.21 bits per heavy atom. The van der Waals surface area contributed by atoms with Crippen LogP contribution in [0.25, 0.3) is 0 Å². The van der Waals surface area contributed by atoms with Gasteiger partial charge < -0.3 is 19.8 Å². The quantitative estimate of drug-likeness (QED) is 0.646. The lowest BCUT2D eigenvalue weighted by molar-refractivity contribution is -0.166. The standard InChI is InChI=1S/C23H25N3O6S/c1-14-20-16(5-3-4-6-18(20)27)21(24-14)22(28)25-17-9-15(7-8-19(17)31-2)33(29,30)26-10-23(11-26)12-32-13-23/h3-4,7-9,24H,5-6,10-13H2,1-2H3,(H,25,28). The highest BCUT2D eigenvalue weighted by atomic mass is 32.2. The highest BCUT2D eigenvalue weighted by Gasteiger charge is 2.53. The highest BCUT2D eigenvalue weighted by Crippen LogP contribution is 2.41. The number of fused-ring (bicyclic) bond motifs is 1. The zero-order valence-electron chi connectivity index (χ0n) is 18.4. The van der Waals surface area contributed by atoms with Crippen LogP contribution in [0.15, 0.2) is 35.2 Å². The molecule has 0 bridgehead atoms. The van der Waals surface area contributed by atoms with E-state index in [0.717, 1.165) is 0 Å². The van der Waals surface area contributed by atoms with Crippen molar-refractivity contribution in [2.45, 2.75) is 24.7 Å². The number of Topliss-reactive ketones (excluding diaryl/α,β-unsaturated/α-hetero) is 1. The molecule has 1 aliphatic carbocycles. The number of amides is 1. The number of aromatic nitrogens is 1. The molecule has 0 radical (unpaired) electrons. The summed E-state index contributed by atoms with van der Waals surface area (Å²) >= 11 is 0. The summed E-state index contributed by atoms with van der Waals surface area (Å²) in [4.78, 5) is 28.7. The largest absolute Gasteiger partial charge is 0.495 e. The molecule has 1 amide bonds. The number of aryl methyl sites for hydroxylation is 1. The number of hydrogen-bond acceptors (Lipinski definition) is 6. The number of nitrogens with one attached hydrogen (secondary N) is 2. The number of anilines is 1. The van der Waals surface area contributed by atoms with Crippen LogP contribution in [0, 0.1) is 12.3 Å².